The third-order valence-electron chi connectivity index (χ3n) is 3.35. The number of anilines is 1. The molecule has 2 unspecified atom stereocenters. The van der Waals surface area contributed by atoms with Gasteiger partial charge in [-0.2, -0.15) is 24.9 Å². The van der Waals surface area contributed by atoms with Gasteiger partial charge in [-0.3, -0.25) is 4.98 Å². The third-order valence-corrected chi connectivity index (χ3v) is 4.52. The van der Waals surface area contributed by atoms with Crippen LogP contribution in [-0.4, -0.2) is 44.2 Å². The molecular weight excluding hydrogens is 341 g/mol. The number of thioether (sulfide) groups is 1. The molecule has 2 aromatic heterocycles. The van der Waals surface area contributed by atoms with Gasteiger partial charge in [0.1, 0.15) is 5.82 Å². The number of nitrogens with zero attached hydrogens (tertiary/aromatic N) is 3. The van der Waals surface area contributed by atoms with Gasteiger partial charge in [-0.15, -0.1) is 0 Å². The van der Waals surface area contributed by atoms with E-state index in [2.05, 4.69) is 20.3 Å². The first kappa shape index (κ1) is 18.5. The van der Waals surface area contributed by atoms with Gasteiger partial charge in [-0.25, -0.2) is 9.97 Å². The van der Waals surface area contributed by atoms with E-state index in [4.69, 9.17) is 0 Å². The van der Waals surface area contributed by atoms with Crippen molar-refractivity contribution in [2.75, 3.05) is 18.2 Å². The first-order valence-corrected chi connectivity index (χ1v) is 8.40. The second-order valence-corrected chi connectivity index (χ2v) is 6.17. The van der Waals surface area contributed by atoms with E-state index in [1.165, 1.54) is 24.2 Å². The van der Waals surface area contributed by atoms with Gasteiger partial charge in [-0.1, -0.05) is 0 Å². The lowest BCUT2D eigenvalue weighted by Crippen LogP contribution is -2.31. The average Bonchev–Trinajstić information content (AvgIpc) is 2.55. The standard InChI is InChI=1S/C15H17F3N4OS/c1-9(11(8-23)24-2)20-13-6-12(15(16,17)18)21-14(22-13)10-4-3-5-19-7-10/h3-7,9,11,23H,8H2,1-2H3,(H,20,21,22). The molecule has 0 saturated heterocycles. The van der Waals surface area contributed by atoms with Crippen LogP contribution >= 0.6 is 11.8 Å². The fourth-order valence-electron chi connectivity index (χ4n) is 2.05. The summed E-state index contributed by atoms with van der Waals surface area (Å²) in [5.41, 5.74) is -0.640. The highest BCUT2D eigenvalue weighted by molar-refractivity contribution is 7.99. The molecule has 0 spiro atoms. The molecule has 2 N–H and O–H groups in total. The predicted molar refractivity (Wildman–Crippen MR) is 87.7 cm³/mol. The quantitative estimate of drug-likeness (QED) is 0.827. The van der Waals surface area contributed by atoms with Crippen molar-refractivity contribution in [3.8, 4) is 11.4 Å². The van der Waals surface area contributed by atoms with Crippen molar-refractivity contribution >= 4 is 17.6 Å². The van der Waals surface area contributed by atoms with Crippen LogP contribution in [0.5, 0.6) is 0 Å². The van der Waals surface area contributed by atoms with Crippen molar-refractivity contribution in [3.63, 3.8) is 0 Å². The Morgan fingerprint density at radius 2 is 2.08 bits per heavy atom. The van der Waals surface area contributed by atoms with E-state index in [1.807, 2.05) is 6.26 Å². The molecule has 5 nitrogen and oxygen atoms in total. The van der Waals surface area contributed by atoms with Crippen LogP contribution in [0.1, 0.15) is 12.6 Å². The maximum atomic E-state index is 13.1. The molecule has 0 aliphatic heterocycles. The molecule has 2 aromatic rings. The summed E-state index contributed by atoms with van der Waals surface area (Å²) < 4.78 is 39.3. The topological polar surface area (TPSA) is 70.9 Å². The molecule has 2 heterocycles. The minimum atomic E-state index is -4.59. The zero-order valence-electron chi connectivity index (χ0n) is 13.1. The highest BCUT2D eigenvalue weighted by Gasteiger charge is 2.34. The first-order chi connectivity index (χ1) is 11.3. The lowest BCUT2D eigenvalue weighted by Gasteiger charge is -2.22. The number of pyridine rings is 1. The van der Waals surface area contributed by atoms with Crippen molar-refractivity contribution in [2.45, 2.75) is 24.4 Å². The Balaban J connectivity index is 2.40. The van der Waals surface area contributed by atoms with E-state index in [-0.39, 0.29) is 29.5 Å². The van der Waals surface area contributed by atoms with Crippen LogP contribution < -0.4 is 5.32 Å². The fourth-order valence-corrected chi connectivity index (χ4v) is 2.68. The smallest absolute Gasteiger partial charge is 0.395 e. The molecule has 24 heavy (non-hydrogen) atoms. The molecule has 2 rings (SSSR count). The van der Waals surface area contributed by atoms with E-state index >= 15 is 0 Å². The SMILES string of the molecule is CSC(CO)C(C)Nc1cc(C(F)(F)F)nc(-c2cccnc2)n1. The van der Waals surface area contributed by atoms with Gasteiger partial charge < -0.3 is 10.4 Å². The maximum absolute atomic E-state index is 13.1. The zero-order valence-corrected chi connectivity index (χ0v) is 13.9. The van der Waals surface area contributed by atoms with E-state index in [9.17, 15) is 18.3 Å². The maximum Gasteiger partial charge on any atom is 0.433 e. The molecule has 0 saturated carbocycles. The summed E-state index contributed by atoms with van der Waals surface area (Å²) in [5, 5.41) is 12.1. The lowest BCUT2D eigenvalue weighted by atomic mass is 10.2. The number of aliphatic hydroxyl groups is 1. The van der Waals surface area contributed by atoms with E-state index in [0.29, 0.717) is 5.56 Å². The van der Waals surface area contributed by atoms with Crippen molar-refractivity contribution in [3.05, 3.63) is 36.3 Å². The van der Waals surface area contributed by atoms with Crippen LogP contribution in [0.4, 0.5) is 19.0 Å². The van der Waals surface area contributed by atoms with E-state index in [1.54, 1.807) is 19.1 Å². The predicted octanol–water partition coefficient (Wildman–Crippen LogP) is 3.08. The molecule has 0 aliphatic carbocycles. The molecular formula is C15H17F3N4OS. The van der Waals surface area contributed by atoms with Crippen LogP contribution in [0.15, 0.2) is 30.6 Å². The number of nitrogens with one attached hydrogen (secondary N) is 1. The first-order valence-electron chi connectivity index (χ1n) is 7.12. The normalized spacial score (nSPS) is 14.2. The Bertz CT molecular complexity index is 666. The van der Waals surface area contributed by atoms with Crippen LogP contribution in [0.25, 0.3) is 11.4 Å². The number of alkyl halides is 3. The summed E-state index contributed by atoms with van der Waals surface area (Å²) in [6, 6.07) is 3.78. The Morgan fingerprint density at radius 1 is 1.33 bits per heavy atom. The number of aliphatic hydroxyl groups excluding tert-OH is 1. The van der Waals surface area contributed by atoms with Gasteiger partial charge in [0.05, 0.1) is 6.61 Å². The largest absolute Gasteiger partial charge is 0.433 e. The Hall–Kier alpha value is -1.87. The molecule has 0 aliphatic rings. The van der Waals surface area contributed by atoms with Gasteiger partial charge >= 0.3 is 6.18 Å². The monoisotopic (exact) mass is 358 g/mol. The molecule has 130 valence electrons. The van der Waals surface area contributed by atoms with E-state index < -0.39 is 11.9 Å². The summed E-state index contributed by atoms with van der Waals surface area (Å²) in [6.45, 7) is 1.68. The number of rotatable bonds is 6. The van der Waals surface area contributed by atoms with Gasteiger partial charge in [0.25, 0.3) is 0 Å². The Labute approximate surface area is 141 Å². The molecule has 9 heteroatoms. The number of hydrogen-bond acceptors (Lipinski definition) is 6. The van der Waals surface area contributed by atoms with Crippen molar-refractivity contribution in [1.29, 1.82) is 0 Å². The highest BCUT2D eigenvalue weighted by Crippen LogP contribution is 2.31. The zero-order chi connectivity index (χ0) is 17.7. The number of halogens is 3. The molecule has 2 atom stereocenters. The summed E-state index contributed by atoms with van der Waals surface area (Å²) in [6.07, 6.45) is 0.153. The number of hydrogen-bond donors (Lipinski definition) is 2. The van der Waals surface area contributed by atoms with Gasteiger partial charge in [0.2, 0.25) is 0 Å². The minimum absolute atomic E-state index is 0.0520. The van der Waals surface area contributed by atoms with Gasteiger partial charge in [0, 0.05) is 35.3 Å². The highest BCUT2D eigenvalue weighted by atomic mass is 32.2. The van der Waals surface area contributed by atoms with Crippen LogP contribution in [0.3, 0.4) is 0 Å². The van der Waals surface area contributed by atoms with Crippen LogP contribution in [0.2, 0.25) is 0 Å². The molecule has 0 bridgehead atoms. The fraction of sp³-hybridized carbons (Fsp3) is 0.400. The Kier molecular flexibility index (Phi) is 6.00. The number of aromatic nitrogens is 3. The molecule has 0 fully saturated rings. The average molecular weight is 358 g/mol. The second kappa shape index (κ2) is 7.80. The lowest BCUT2D eigenvalue weighted by molar-refractivity contribution is -0.141. The molecule has 0 radical (unpaired) electrons. The van der Waals surface area contributed by atoms with Gasteiger partial charge in [-0.05, 0) is 25.3 Å². The van der Waals surface area contributed by atoms with Crippen LogP contribution in [-0.2, 0) is 6.18 Å². The summed E-state index contributed by atoms with van der Waals surface area (Å²) in [5.74, 6) is -0.00602. The third kappa shape index (κ3) is 4.57. The summed E-state index contributed by atoms with van der Waals surface area (Å²) >= 11 is 1.42. The molecule has 0 aromatic carbocycles. The van der Waals surface area contributed by atoms with E-state index in [0.717, 1.165) is 6.07 Å². The van der Waals surface area contributed by atoms with Crippen molar-refractivity contribution in [2.24, 2.45) is 0 Å². The summed E-state index contributed by atoms with van der Waals surface area (Å²) in [4.78, 5) is 11.6. The Morgan fingerprint density at radius 3 is 2.62 bits per heavy atom. The molecule has 0 amide bonds. The van der Waals surface area contributed by atoms with Crippen molar-refractivity contribution in [1.82, 2.24) is 15.0 Å². The second-order valence-electron chi connectivity index (χ2n) is 5.09. The van der Waals surface area contributed by atoms with Crippen LogP contribution in [0, 0.1) is 0 Å². The minimum Gasteiger partial charge on any atom is -0.395 e. The summed E-state index contributed by atoms with van der Waals surface area (Å²) in [7, 11) is 0. The van der Waals surface area contributed by atoms with Gasteiger partial charge in [0.15, 0.2) is 11.5 Å². The van der Waals surface area contributed by atoms with Crippen molar-refractivity contribution < 1.29 is 18.3 Å².